The number of furan rings is 1. The Bertz CT molecular complexity index is 964. The fraction of sp³-hybridized carbons (Fsp3) is 0.105. The van der Waals surface area contributed by atoms with Gasteiger partial charge < -0.3 is 9.73 Å². The number of nitro groups is 1. The molecule has 3 rings (SSSR count). The molecule has 132 valence electrons. The highest BCUT2D eigenvalue weighted by atomic mass is 79.9. The first-order valence-corrected chi connectivity index (χ1v) is 8.61. The smallest absolute Gasteiger partial charge is 0.273 e. The van der Waals surface area contributed by atoms with Crippen molar-refractivity contribution >= 4 is 27.5 Å². The van der Waals surface area contributed by atoms with Gasteiger partial charge in [0, 0.05) is 27.2 Å². The molecular weight excluding hydrogens is 400 g/mol. The molecule has 1 amide bonds. The largest absolute Gasteiger partial charge is 0.459 e. The van der Waals surface area contributed by atoms with Gasteiger partial charge in [0.2, 0.25) is 0 Å². The van der Waals surface area contributed by atoms with E-state index < -0.39 is 10.8 Å². The van der Waals surface area contributed by atoms with E-state index in [4.69, 9.17) is 4.42 Å². The van der Waals surface area contributed by atoms with Crippen LogP contribution in [0, 0.1) is 17.0 Å². The van der Waals surface area contributed by atoms with Crippen molar-refractivity contribution in [2.75, 3.05) is 0 Å². The lowest BCUT2D eigenvalue weighted by molar-refractivity contribution is -0.385. The van der Waals surface area contributed by atoms with Gasteiger partial charge in [-0.2, -0.15) is 0 Å². The number of nitrogens with zero attached hydrogens (tertiary/aromatic N) is 1. The van der Waals surface area contributed by atoms with Crippen molar-refractivity contribution in [1.82, 2.24) is 5.32 Å². The second-order valence-electron chi connectivity index (χ2n) is 5.71. The zero-order valence-corrected chi connectivity index (χ0v) is 15.4. The number of carbonyl (C=O) groups is 1. The number of rotatable bonds is 5. The molecule has 0 unspecified atom stereocenters. The van der Waals surface area contributed by atoms with Crippen molar-refractivity contribution in [3.05, 3.63) is 86.1 Å². The maximum absolute atomic E-state index is 12.2. The molecule has 26 heavy (non-hydrogen) atoms. The first-order valence-electron chi connectivity index (χ1n) is 7.82. The minimum absolute atomic E-state index is 0.0758. The molecule has 0 saturated heterocycles. The Hall–Kier alpha value is -2.93. The van der Waals surface area contributed by atoms with Gasteiger partial charge >= 0.3 is 0 Å². The summed E-state index contributed by atoms with van der Waals surface area (Å²) in [4.78, 5) is 22.7. The number of hydrogen-bond donors (Lipinski definition) is 1. The molecule has 1 N–H and O–H groups in total. The van der Waals surface area contributed by atoms with E-state index in [2.05, 4.69) is 21.2 Å². The average Bonchev–Trinajstić information content (AvgIpc) is 3.09. The van der Waals surface area contributed by atoms with E-state index >= 15 is 0 Å². The predicted molar refractivity (Wildman–Crippen MR) is 101 cm³/mol. The van der Waals surface area contributed by atoms with Crippen LogP contribution in [0.3, 0.4) is 0 Å². The third-order valence-electron chi connectivity index (χ3n) is 3.88. The minimum atomic E-state index is -0.497. The first kappa shape index (κ1) is 17.9. The number of nitrogens with one attached hydrogen (secondary N) is 1. The number of benzene rings is 2. The standard InChI is InChI=1S/C19H15BrN2O4/c1-12-2-3-14(10-17(12)22(24)25)19(23)21-11-16-8-9-18(26-16)13-4-6-15(20)7-5-13/h2-10H,11H2,1H3,(H,21,23). The molecule has 6 nitrogen and oxygen atoms in total. The van der Waals surface area contributed by atoms with Gasteiger partial charge in [0.1, 0.15) is 11.5 Å². The topological polar surface area (TPSA) is 85.4 Å². The number of nitro benzene ring substituents is 1. The molecule has 0 aliphatic heterocycles. The second kappa shape index (κ2) is 7.53. The molecule has 3 aromatic rings. The fourth-order valence-electron chi connectivity index (χ4n) is 2.46. The fourth-order valence-corrected chi connectivity index (χ4v) is 2.72. The molecule has 0 bridgehead atoms. The summed E-state index contributed by atoms with van der Waals surface area (Å²) in [6.45, 7) is 1.82. The van der Waals surface area contributed by atoms with E-state index in [9.17, 15) is 14.9 Å². The number of halogens is 1. The van der Waals surface area contributed by atoms with E-state index in [0.29, 0.717) is 17.1 Å². The SMILES string of the molecule is Cc1ccc(C(=O)NCc2ccc(-c3ccc(Br)cc3)o2)cc1[N+](=O)[O-]. The molecule has 1 heterocycles. The molecule has 2 aromatic carbocycles. The lowest BCUT2D eigenvalue weighted by Gasteiger charge is -2.05. The monoisotopic (exact) mass is 414 g/mol. The van der Waals surface area contributed by atoms with Crippen molar-refractivity contribution in [1.29, 1.82) is 0 Å². The quantitative estimate of drug-likeness (QED) is 0.477. The van der Waals surface area contributed by atoms with Crippen molar-refractivity contribution in [2.24, 2.45) is 0 Å². The van der Waals surface area contributed by atoms with E-state index in [1.807, 2.05) is 30.3 Å². The zero-order chi connectivity index (χ0) is 18.7. The normalized spacial score (nSPS) is 10.5. The van der Waals surface area contributed by atoms with Crippen LogP contribution in [-0.4, -0.2) is 10.8 Å². The van der Waals surface area contributed by atoms with E-state index in [-0.39, 0.29) is 17.8 Å². The van der Waals surface area contributed by atoms with Crippen LogP contribution in [0.5, 0.6) is 0 Å². The maximum Gasteiger partial charge on any atom is 0.273 e. The number of aryl methyl sites for hydroxylation is 1. The molecule has 0 aliphatic rings. The summed E-state index contributed by atoms with van der Waals surface area (Å²) in [5.74, 6) is 0.903. The summed E-state index contributed by atoms with van der Waals surface area (Å²) in [5.41, 5.74) is 1.60. The highest BCUT2D eigenvalue weighted by molar-refractivity contribution is 9.10. The average molecular weight is 415 g/mol. The van der Waals surface area contributed by atoms with Crippen molar-refractivity contribution < 1.29 is 14.1 Å². The number of amides is 1. The molecule has 0 saturated carbocycles. The Balaban J connectivity index is 1.68. The van der Waals surface area contributed by atoms with Crippen LogP contribution in [0.4, 0.5) is 5.69 Å². The zero-order valence-electron chi connectivity index (χ0n) is 13.9. The Morgan fingerprint density at radius 3 is 2.58 bits per heavy atom. The second-order valence-corrected chi connectivity index (χ2v) is 6.63. The van der Waals surface area contributed by atoms with Gasteiger partial charge in [0.15, 0.2) is 0 Å². The van der Waals surface area contributed by atoms with Crippen LogP contribution >= 0.6 is 15.9 Å². The third kappa shape index (κ3) is 4.00. The van der Waals surface area contributed by atoms with E-state index in [1.54, 1.807) is 25.1 Å². The third-order valence-corrected chi connectivity index (χ3v) is 4.41. The molecule has 7 heteroatoms. The highest BCUT2D eigenvalue weighted by Gasteiger charge is 2.15. The number of carbonyl (C=O) groups excluding carboxylic acids is 1. The summed E-state index contributed by atoms with van der Waals surface area (Å²) in [6.07, 6.45) is 0. The first-order chi connectivity index (χ1) is 12.4. The van der Waals surface area contributed by atoms with Gasteiger partial charge in [-0.05, 0) is 37.3 Å². The molecule has 0 radical (unpaired) electrons. The van der Waals surface area contributed by atoms with Crippen LogP contribution in [0.2, 0.25) is 0 Å². The lowest BCUT2D eigenvalue weighted by atomic mass is 10.1. The van der Waals surface area contributed by atoms with Crippen LogP contribution in [0.15, 0.2) is 63.5 Å². The molecule has 0 spiro atoms. The lowest BCUT2D eigenvalue weighted by Crippen LogP contribution is -2.22. The highest BCUT2D eigenvalue weighted by Crippen LogP contribution is 2.24. The predicted octanol–water partition coefficient (Wildman–Crippen LogP) is 4.86. The Kier molecular flexibility index (Phi) is 5.18. The molecule has 0 fully saturated rings. The Morgan fingerprint density at radius 2 is 1.88 bits per heavy atom. The molecule has 1 aromatic heterocycles. The summed E-state index contributed by atoms with van der Waals surface area (Å²) in [6, 6.07) is 15.7. The van der Waals surface area contributed by atoms with Crippen LogP contribution in [0.25, 0.3) is 11.3 Å². The molecule has 0 aliphatic carbocycles. The minimum Gasteiger partial charge on any atom is -0.459 e. The summed E-state index contributed by atoms with van der Waals surface area (Å²) >= 11 is 3.38. The Labute approximate surface area is 158 Å². The maximum atomic E-state index is 12.2. The summed E-state index contributed by atoms with van der Waals surface area (Å²) in [5, 5.41) is 13.7. The summed E-state index contributed by atoms with van der Waals surface area (Å²) < 4.78 is 6.72. The van der Waals surface area contributed by atoms with Crippen LogP contribution in [0.1, 0.15) is 21.7 Å². The van der Waals surface area contributed by atoms with E-state index in [1.165, 1.54) is 6.07 Å². The Morgan fingerprint density at radius 1 is 1.15 bits per heavy atom. The number of hydrogen-bond acceptors (Lipinski definition) is 4. The van der Waals surface area contributed by atoms with Gasteiger partial charge in [-0.1, -0.05) is 34.1 Å². The van der Waals surface area contributed by atoms with Crippen molar-refractivity contribution in [3.8, 4) is 11.3 Å². The van der Waals surface area contributed by atoms with E-state index in [0.717, 1.165) is 10.0 Å². The van der Waals surface area contributed by atoms with Crippen molar-refractivity contribution in [2.45, 2.75) is 13.5 Å². The summed E-state index contributed by atoms with van der Waals surface area (Å²) in [7, 11) is 0. The van der Waals surface area contributed by atoms with Gasteiger partial charge in [-0.15, -0.1) is 0 Å². The molecule has 0 atom stereocenters. The van der Waals surface area contributed by atoms with Gasteiger partial charge in [-0.25, -0.2) is 0 Å². The van der Waals surface area contributed by atoms with Crippen LogP contribution in [-0.2, 0) is 6.54 Å². The van der Waals surface area contributed by atoms with Gasteiger partial charge in [0.05, 0.1) is 11.5 Å². The van der Waals surface area contributed by atoms with Gasteiger partial charge in [-0.3, -0.25) is 14.9 Å². The van der Waals surface area contributed by atoms with Gasteiger partial charge in [0.25, 0.3) is 11.6 Å². The van der Waals surface area contributed by atoms with Crippen molar-refractivity contribution in [3.63, 3.8) is 0 Å². The molecular formula is C19H15BrN2O4. The van der Waals surface area contributed by atoms with Crippen LogP contribution < -0.4 is 5.32 Å².